The second-order valence-electron chi connectivity index (χ2n) is 7.60. The van der Waals surface area contributed by atoms with Gasteiger partial charge in [-0.15, -0.1) is 0 Å². The largest absolute Gasteiger partial charge is 0.367 e. The molecule has 1 saturated heterocycles. The lowest BCUT2D eigenvalue weighted by molar-refractivity contribution is -0.117. The lowest BCUT2D eigenvalue weighted by Gasteiger charge is -2.35. The summed E-state index contributed by atoms with van der Waals surface area (Å²) in [4.78, 5) is 29.2. The van der Waals surface area contributed by atoms with Crippen molar-refractivity contribution in [3.63, 3.8) is 0 Å². The van der Waals surface area contributed by atoms with Gasteiger partial charge < -0.3 is 20.4 Å². The highest BCUT2D eigenvalue weighted by molar-refractivity contribution is 6.06. The molecule has 1 aliphatic heterocycles. The minimum Gasteiger partial charge on any atom is -0.367 e. The number of carbonyl (C=O) groups is 2. The van der Waals surface area contributed by atoms with Crippen LogP contribution in [0, 0.1) is 5.92 Å². The number of anilines is 3. The molecule has 146 valence electrons. The topological polar surface area (TPSA) is 64.7 Å². The van der Waals surface area contributed by atoms with Crippen molar-refractivity contribution in [1.29, 1.82) is 0 Å². The second-order valence-corrected chi connectivity index (χ2v) is 7.60. The van der Waals surface area contributed by atoms with Crippen LogP contribution < -0.4 is 15.5 Å². The minimum absolute atomic E-state index is 0.0679. The Labute approximate surface area is 165 Å². The summed E-state index contributed by atoms with van der Waals surface area (Å²) in [6, 6.07) is 15.0. The molecule has 2 fully saturated rings. The average Bonchev–Trinajstić information content (AvgIpc) is 3.55. The van der Waals surface area contributed by atoms with E-state index in [2.05, 4.69) is 33.5 Å². The molecule has 0 aromatic heterocycles. The van der Waals surface area contributed by atoms with Gasteiger partial charge in [-0.2, -0.15) is 0 Å². The molecule has 2 amide bonds. The maximum Gasteiger partial charge on any atom is 0.255 e. The molecule has 28 heavy (non-hydrogen) atoms. The van der Waals surface area contributed by atoms with E-state index in [1.165, 1.54) is 0 Å². The highest BCUT2D eigenvalue weighted by atomic mass is 16.2. The molecule has 6 nitrogen and oxygen atoms in total. The van der Waals surface area contributed by atoms with Crippen molar-refractivity contribution in [3.05, 3.63) is 54.1 Å². The summed E-state index contributed by atoms with van der Waals surface area (Å²) < 4.78 is 0. The van der Waals surface area contributed by atoms with E-state index in [0.717, 1.165) is 56.1 Å². The number of benzene rings is 2. The Morgan fingerprint density at radius 1 is 0.893 bits per heavy atom. The average molecular weight is 378 g/mol. The predicted molar refractivity (Wildman–Crippen MR) is 112 cm³/mol. The first-order valence-corrected chi connectivity index (χ1v) is 9.85. The van der Waals surface area contributed by atoms with Crippen LogP contribution in [0.1, 0.15) is 23.2 Å². The van der Waals surface area contributed by atoms with E-state index >= 15 is 0 Å². The van der Waals surface area contributed by atoms with Crippen molar-refractivity contribution in [1.82, 2.24) is 4.90 Å². The van der Waals surface area contributed by atoms with E-state index < -0.39 is 0 Å². The highest BCUT2D eigenvalue weighted by Gasteiger charge is 2.29. The first-order valence-electron chi connectivity index (χ1n) is 9.85. The van der Waals surface area contributed by atoms with Crippen molar-refractivity contribution in [2.24, 2.45) is 5.92 Å². The van der Waals surface area contributed by atoms with Crippen molar-refractivity contribution in [2.75, 3.05) is 48.8 Å². The van der Waals surface area contributed by atoms with Crippen LogP contribution in [0.5, 0.6) is 0 Å². The molecule has 6 heteroatoms. The summed E-state index contributed by atoms with van der Waals surface area (Å²) in [5.74, 6) is 0.0778. The van der Waals surface area contributed by atoms with Gasteiger partial charge in [0.2, 0.25) is 5.91 Å². The monoisotopic (exact) mass is 378 g/mol. The first kappa shape index (κ1) is 18.5. The van der Waals surface area contributed by atoms with Crippen LogP contribution in [0.2, 0.25) is 0 Å². The zero-order chi connectivity index (χ0) is 19.5. The predicted octanol–water partition coefficient (Wildman–Crippen LogP) is 3.04. The molecule has 1 aliphatic carbocycles. The number of nitrogens with one attached hydrogen (secondary N) is 2. The van der Waals surface area contributed by atoms with Crippen molar-refractivity contribution < 1.29 is 9.59 Å². The molecule has 1 saturated carbocycles. The molecule has 2 aliphatic rings. The van der Waals surface area contributed by atoms with E-state index in [-0.39, 0.29) is 17.7 Å². The van der Waals surface area contributed by atoms with Crippen LogP contribution in [0.4, 0.5) is 17.1 Å². The third kappa shape index (κ3) is 4.34. The number of hydrogen-bond acceptors (Lipinski definition) is 4. The van der Waals surface area contributed by atoms with Crippen LogP contribution in [0.15, 0.2) is 48.5 Å². The van der Waals surface area contributed by atoms with E-state index in [9.17, 15) is 9.59 Å². The molecule has 2 aromatic carbocycles. The number of para-hydroxylation sites is 2. The van der Waals surface area contributed by atoms with Gasteiger partial charge in [-0.3, -0.25) is 9.59 Å². The number of hydrogen-bond donors (Lipinski definition) is 2. The van der Waals surface area contributed by atoms with Crippen LogP contribution in [-0.2, 0) is 4.79 Å². The number of carbonyl (C=O) groups excluding carboxylic acids is 2. The molecule has 0 bridgehead atoms. The molecule has 0 spiro atoms. The van der Waals surface area contributed by atoms with Gasteiger partial charge in [-0.05, 0) is 56.3 Å². The lowest BCUT2D eigenvalue weighted by atomic mass is 10.1. The molecule has 2 aromatic rings. The van der Waals surface area contributed by atoms with Gasteiger partial charge in [0.1, 0.15) is 0 Å². The Morgan fingerprint density at radius 2 is 1.57 bits per heavy atom. The SMILES string of the molecule is CN1CCN(c2ccccc2NC(=O)c2ccc(NC(=O)C3CC3)cc2)CC1. The molecule has 4 rings (SSSR count). The standard InChI is InChI=1S/C22H26N4O2/c1-25-12-14-26(15-13-25)20-5-3-2-4-19(20)24-22(28)17-8-10-18(11-9-17)23-21(27)16-6-7-16/h2-5,8-11,16H,6-7,12-15H2,1H3,(H,23,27)(H,24,28). The smallest absolute Gasteiger partial charge is 0.255 e. The number of nitrogens with zero attached hydrogens (tertiary/aromatic N) is 2. The first-order chi connectivity index (χ1) is 13.6. The summed E-state index contributed by atoms with van der Waals surface area (Å²) in [6.45, 7) is 3.91. The third-order valence-corrected chi connectivity index (χ3v) is 5.36. The maximum absolute atomic E-state index is 12.7. The summed E-state index contributed by atoms with van der Waals surface area (Å²) in [5, 5.41) is 5.94. The van der Waals surface area contributed by atoms with Crippen LogP contribution in [0.25, 0.3) is 0 Å². The maximum atomic E-state index is 12.7. The quantitative estimate of drug-likeness (QED) is 0.839. The molecule has 0 unspecified atom stereocenters. The van der Waals surface area contributed by atoms with Crippen molar-refractivity contribution >= 4 is 28.9 Å². The summed E-state index contributed by atoms with van der Waals surface area (Å²) in [6.07, 6.45) is 1.94. The van der Waals surface area contributed by atoms with E-state index in [4.69, 9.17) is 0 Å². The molecule has 2 N–H and O–H groups in total. The number of likely N-dealkylation sites (N-methyl/N-ethyl adjacent to an activating group) is 1. The Hall–Kier alpha value is -2.86. The van der Waals surface area contributed by atoms with Gasteiger partial charge in [0, 0.05) is 43.3 Å². The van der Waals surface area contributed by atoms with Crippen LogP contribution >= 0.6 is 0 Å². The van der Waals surface area contributed by atoms with E-state index in [1.807, 2.05) is 18.2 Å². The van der Waals surface area contributed by atoms with Gasteiger partial charge in [0.05, 0.1) is 11.4 Å². The Kier molecular flexibility index (Phi) is 5.30. The fourth-order valence-electron chi connectivity index (χ4n) is 3.39. The summed E-state index contributed by atoms with van der Waals surface area (Å²) >= 11 is 0. The van der Waals surface area contributed by atoms with Gasteiger partial charge in [0.25, 0.3) is 5.91 Å². The van der Waals surface area contributed by atoms with E-state index in [0.29, 0.717) is 5.56 Å². The van der Waals surface area contributed by atoms with Gasteiger partial charge in [0.15, 0.2) is 0 Å². The second kappa shape index (κ2) is 8.02. The molecular formula is C22H26N4O2. The normalized spacial score (nSPS) is 17.2. The van der Waals surface area contributed by atoms with Gasteiger partial charge >= 0.3 is 0 Å². The zero-order valence-electron chi connectivity index (χ0n) is 16.1. The zero-order valence-corrected chi connectivity index (χ0v) is 16.1. The van der Waals surface area contributed by atoms with Crippen LogP contribution in [-0.4, -0.2) is 49.9 Å². The Morgan fingerprint density at radius 3 is 2.25 bits per heavy atom. The molecule has 1 heterocycles. The van der Waals surface area contributed by atoms with Gasteiger partial charge in [-0.1, -0.05) is 12.1 Å². The molecule has 0 radical (unpaired) electrons. The fraction of sp³-hybridized carbons (Fsp3) is 0.364. The Bertz CT molecular complexity index is 853. The number of amides is 2. The summed E-state index contributed by atoms with van der Waals surface area (Å²) in [7, 11) is 2.13. The Balaban J connectivity index is 1.42. The number of piperazine rings is 1. The molecular weight excluding hydrogens is 352 g/mol. The number of rotatable bonds is 5. The lowest BCUT2D eigenvalue weighted by Crippen LogP contribution is -2.44. The van der Waals surface area contributed by atoms with Crippen molar-refractivity contribution in [2.45, 2.75) is 12.8 Å². The third-order valence-electron chi connectivity index (χ3n) is 5.36. The minimum atomic E-state index is -0.151. The van der Waals surface area contributed by atoms with Crippen molar-refractivity contribution in [3.8, 4) is 0 Å². The molecule has 0 atom stereocenters. The highest BCUT2D eigenvalue weighted by Crippen LogP contribution is 2.30. The van der Waals surface area contributed by atoms with Gasteiger partial charge in [-0.25, -0.2) is 0 Å². The van der Waals surface area contributed by atoms with E-state index in [1.54, 1.807) is 24.3 Å². The van der Waals surface area contributed by atoms with Crippen LogP contribution in [0.3, 0.4) is 0 Å². The fourth-order valence-corrected chi connectivity index (χ4v) is 3.39. The summed E-state index contributed by atoms with van der Waals surface area (Å²) in [5.41, 5.74) is 3.17.